The van der Waals surface area contributed by atoms with Crippen LogP contribution in [0.2, 0.25) is 5.02 Å². The molecule has 3 aromatic rings. The van der Waals surface area contributed by atoms with Crippen LogP contribution < -0.4 is 5.32 Å². The van der Waals surface area contributed by atoms with E-state index in [1.807, 2.05) is 13.1 Å². The summed E-state index contributed by atoms with van der Waals surface area (Å²) in [5.74, 6) is -0.112. The molecular formula is C14H14ClN5O. The highest BCUT2D eigenvalue weighted by atomic mass is 35.5. The van der Waals surface area contributed by atoms with Crippen LogP contribution in [0.5, 0.6) is 0 Å². The molecule has 0 radical (unpaired) electrons. The highest BCUT2D eigenvalue weighted by Crippen LogP contribution is 2.21. The molecule has 0 saturated heterocycles. The third-order valence-electron chi connectivity index (χ3n) is 3.36. The van der Waals surface area contributed by atoms with E-state index in [1.54, 1.807) is 29.2 Å². The summed E-state index contributed by atoms with van der Waals surface area (Å²) in [5.41, 5.74) is 2.44. The fourth-order valence-corrected chi connectivity index (χ4v) is 2.39. The summed E-state index contributed by atoms with van der Waals surface area (Å²) in [5, 5.41) is 12.0. The molecule has 21 heavy (non-hydrogen) atoms. The summed E-state index contributed by atoms with van der Waals surface area (Å²) >= 11 is 5.93. The number of carbonyl (C=O) groups excluding carboxylic acids is 1. The van der Waals surface area contributed by atoms with Gasteiger partial charge in [0.05, 0.1) is 17.5 Å². The van der Waals surface area contributed by atoms with Crippen LogP contribution in [0.4, 0.5) is 0 Å². The number of amides is 1. The number of carbonyl (C=O) groups is 1. The van der Waals surface area contributed by atoms with Crippen molar-refractivity contribution in [2.75, 3.05) is 6.54 Å². The lowest BCUT2D eigenvalue weighted by atomic mass is 10.1. The van der Waals surface area contributed by atoms with Gasteiger partial charge in [0.15, 0.2) is 0 Å². The fourth-order valence-electron chi connectivity index (χ4n) is 2.22. The van der Waals surface area contributed by atoms with Gasteiger partial charge in [-0.2, -0.15) is 0 Å². The lowest BCUT2D eigenvalue weighted by Crippen LogP contribution is -2.26. The number of rotatable bonds is 4. The van der Waals surface area contributed by atoms with Gasteiger partial charge in [-0.25, -0.2) is 0 Å². The van der Waals surface area contributed by atoms with E-state index in [0.717, 1.165) is 16.6 Å². The van der Waals surface area contributed by atoms with E-state index in [4.69, 9.17) is 11.6 Å². The number of aryl methyl sites for hydroxylation is 1. The predicted molar refractivity (Wildman–Crippen MR) is 80.3 cm³/mol. The number of aromatic nitrogens is 4. The Balaban J connectivity index is 1.68. The average molecular weight is 304 g/mol. The lowest BCUT2D eigenvalue weighted by molar-refractivity contribution is 0.0955. The number of hydrogen-bond donors (Lipinski definition) is 2. The molecule has 0 spiro atoms. The molecule has 0 unspecified atom stereocenters. The monoisotopic (exact) mass is 303 g/mol. The average Bonchev–Trinajstić information content (AvgIpc) is 3.05. The third-order valence-corrected chi connectivity index (χ3v) is 3.60. The van der Waals surface area contributed by atoms with Crippen LogP contribution in [0, 0.1) is 0 Å². The van der Waals surface area contributed by atoms with Crippen molar-refractivity contribution in [2.45, 2.75) is 6.42 Å². The van der Waals surface area contributed by atoms with Crippen molar-refractivity contribution >= 4 is 28.4 Å². The molecule has 0 aliphatic heterocycles. The molecular weight excluding hydrogens is 290 g/mol. The second-order valence-corrected chi connectivity index (χ2v) is 5.18. The smallest absolute Gasteiger partial charge is 0.253 e. The third kappa shape index (κ3) is 2.75. The summed E-state index contributed by atoms with van der Waals surface area (Å²) in [6.07, 6.45) is 4.07. The first-order valence-electron chi connectivity index (χ1n) is 6.53. The number of halogens is 1. The maximum Gasteiger partial charge on any atom is 0.253 e. The van der Waals surface area contributed by atoms with E-state index in [2.05, 4.69) is 20.6 Å². The molecule has 0 aliphatic rings. The standard InChI is InChI=1S/C14H14ClN5O/c1-20-10(7-18-19-20)4-5-16-14(21)12-8-17-13-6-9(15)2-3-11(12)13/h2-3,6-8,17H,4-5H2,1H3,(H,16,21). The SMILES string of the molecule is Cn1nncc1CCNC(=O)c1c[nH]c2cc(Cl)ccc12. The Morgan fingerprint density at radius 3 is 3.10 bits per heavy atom. The molecule has 1 amide bonds. The molecule has 2 N–H and O–H groups in total. The molecule has 0 saturated carbocycles. The minimum atomic E-state index is -0.112. The number of H-pyrrole nitrogens is 1. The van der Waals surface area contributed by atoms with Crippen LogP contribution >= 0.6 is 11.6 Å². The van der Waals surface area contributed by atoms with Gasteiger partial charge in [0, 0.05) is 42.1 Å². The summed E-state index contributed by atoms with van der Waals surface area (Å²) < 4.78 is 1.69. The minimum Gasteiger partial charge on any atom is -0.360 e. The number of benzene rings is 1. The zero-order chi connectivity index (χ0) is 14.8. The Bertz CT molecular complexity index is 792. The molecule has 3 rings (SSSR count). The normalized spacial score (nSPS) is 11.0. The Kier molecular flexibility index (Phi) is 3.62. The fraction of sp³-hybridized carbons (Fsp3) is 0.214. The number of nitrogens with one attached hydrogen (secondary N) is 2. The number of aromatic amines is 1. The van der Waals surface area contributed by atoms with Gasteiger partial charge in [-0.1, -0.05) is 22.9 Å². The van der Waals surface area contributed by atoms with Gasteiger partial charge in [-0.3, -0.25) is 9.48 Å². The van der Waals surface area contributed by atoms with E-state index >= 15 is 0 Å². The number of nitrogens with zero attached hydrogens (tertiary/aromatic N) is 3. The van der Waals surface area contributed by atoms with Gasteiger partial charge < -0.3 is 10.3 Å². The summed E-state index contributed by atoms with van der Waals surface area (Å²) in [7, 11) is 1.83. The zero-order valence-corrected chi connectivity index (χ0v) is 12.2. The Morgan fingerprint density at radius 2 is 2.33 bits per heavy atom. The molecule has 0 bridgehead atoms. The Labute approximate surface area is 126 Å². The van der Waals surface area contributed by atoms with Gasteiger partial charge in [-0.05, 0) is 12.1 Å². The first kappa shape index (κ1) is 13.6. The van der Waals surface area contributed by atoms with Crippen molar-refractivity contribution < 1.29 is 4.79 Å². The molecule has 108 valence electrons. The first-order valence-corrected chi connectivity index (χ1v) is 6.91. The quantitative estimate of drug-likeness (QED) is 0.773. The maximum absolute atomic E-state index is 12.2. The van der Waals surface area contributed by atoms with Crippen LogP contribution in [-0.4, -0.2) is 32.4 Å². The molecule has 2 aromatic heterocycles. The molecule has 2 heterocycles. The van der Waals surface area contributed by atoms with Crippen LogP contribution in [0.1, 0.15) is 16.1 Å². The molecule has 0 atom stereocenters. The molecule has 6 nitrogen and oxygen atoms in total. The van der Waals surface area contributed by atoms with Crippen molar-refractivity contribution in [3.05, 3.63) is 46.9 Å². The van der Waals surface area contributed by atoms with Crippen LogP contribution in [0.3, 0.4) is 0 Å². The molecule has 0 aliphatic carbocycles. The summed E-state index contributed by atoms with van der Waals surface area (Å²) in [6.45, 7) is 0.528. The van der Waals surface area contributed by atoms with Crippen molar-refractivity contribution in [1.82, 2.24) is 25.3 Å². The van der Waals surface area contributed by atoms with Crippen LogP contribution in [0.25, 0.3) is 10.9 Å². The minimum absolute atomic E-state index is 0.112. The van der Waals surface area contributed by atoms with E-state index in [-0.39, 0.29) is 5.91 Å². The Hall–Kier alpha value is -2.34. The van der Waals surface area contributed by atoms with Gasteiger partial charge >= 0.3 is 0 Å². The number of fused-ring (bicyclic) bond motifs is 1. The predicted octanol–water partition coefficient (Wildman–Crippen LogP) is 1.92. The molecule has 1 aromatic carbocycles. The van der Waals surface area contributed by atoms with E-state index in [1.165, 1.54) is 0 Å². The largest absolute Gasteiger partial charge is 0.360 e. The van der Waals surface area contributed by atoms with Gasteiger partial charge in [-0.15, -0.1) is 5.10 Å². The summed E-state index contributed by atoms with van der Waals surface area (Å²) in [4.78, 5) is 15.3. The van der Waals surface area contributed by atoms with Crippen molar-refractivity contribution in [3.8, 4) is 0 Å². The van der Waals surface area contributed by atoms with Crippen LogP contribution in [0.15, 0.2) is 30.6 Å². The van der Waals surface area contributed by atoms with Crippen molar-refractivity contribution in [2.24, 2.45) is 7.05 Å². The van der Waals surface area contributed by atoms with Gasteiger partial charge in [0.2, 0.25) is 0 Å². The van der Waals surface area contributed by atoms with E-state index in [9.17, 15) is 4.79 Å². The Morgan fingerprint density at radius 1 is 1.48 bits per heavy atom. The highest BCUT2D eigenvalue weighted by Gasteiger charge is 2.12. The van der Waals surface area contributed by atoms with E-state index in [0.29, 0.717) is 23.6 Å². The lowest BCUT2D eigenvalue weighted by Gasteiger charge is -2.04. The highest BCUT2D eigenvalue weighted by molar-refractivity contribution is 6.31. The first-order chi connectivity index (χ1) is 10.1. The topological polar surface area (TPSA) is 75.6 Å². The zero-order valence-electron chi connectivity index (χ0n) is 11.4. The van der Waals surface area contributed by atoms with Crippen LogP contribution in [-0.2, 0) is 13.5 Å². The molecule has 0 fully saturated rings. The summed E-state index contributed by atoms with van der Waals surface area (Å²) in [6, 6.07) is 5.42. The van der Waals surface area contributed by atoms with Crippen molar-refractivity contribution in [3.63, 3.8) is 0 Å². The van der Waals surface area contributed by atoms with Gasteiger partial charge in [0.25, 0.3) is 5.91 Å². The van der Waals surface area contributed by atoms with E-state index < -0.39 is 0 Å². The second-order valence-electron chi connectivity index (χ2n) is 4.75. The maximum atomic E-state index is 12.2. The molecule has 7 heteroatoms. The number of hydrogen-bond acceptors (Lipinski definition) is 3. The second kappa shape index (κ2) is 5.57. The van der Waals surface area contributed by atoms with Crippen molar-refractivity contribution in [1.29, 1.82) is 0 Å². The van der Waals surface area contributed by atoms with Gasteiger partial charge in [0.1, 0.15) is 0 Å².